The van der Waals surface area contributed by atoms with Crippen LogP contribution >= 0.6 is 12.2 Å². The number of thiocarbonyl (C=S) groups is 1. The van der Waals surface area contributed by atoms with E-state index in [2.05, 4.69) is 10.6 Å². The summed E-state index contributed by atoms with van der Waals surface area (Å²) < 4.78 is 11.0. The van der Waals surface area contributed by atoms with Crippen molar-refractivity contribution in [2.24, 2.45) is 0 Å². The van der Waals surface area contributed by atoms with Crippen molar-refractivity contribution in [2.45, 2.75) is 26.5 Å². The Labute approximate surface area is 164 Å². The highest BCUT2D eigenvalue weighted by atomic mass is 32.1. The Kier molecular flexibility index (Phi) is 6.08. The molecule has 1 atom stereocenters. The molecule has 0 spiro atoms. The normalized spacial score (nSPS) is 16.4. The minimum Gasteiger partial charge on any atom is -0.489 e. The number of allylic oxidation sites excluding steroid dienone is 1. The molecule has 5 nitrogen and oxygen atoms in total. The number of hydrogen-bond donors (Lipinski definition) is 2. The zero-order valence-electron chi connectivity index (χ0n) is 15.3. The quantitative estimate of drug-likeness (QED) is 0.588. The summed E-state index contributed by atoms with van der Waals surface area (Å²) in [5, 5.41) is 6.62. The SMILES string of the molecule is CCOC(=O)C1=C(C)NC(=S)N[C@@H]1c1ccc(OCc2ccccc2)cc1. The lowest BCUT2D eigenvalue weighted by Gasteiger charge is -2.29. The van der Waals surface area contributed by atoms with E-state index in [1.54, 1.807) is 6.92 Å². The van der Waals surface area contributed by atoms with Crippen LogP contribution in [0.5, 0.6) is 5.75 Å². The zero-order chi connectivity index (χ0) is 19.2. The van der Waals surface area contributed by atoms with Crippen molar-refractivity contribution < 1.29 is 14.3 Å². The molecular weight excluding hydrogens is 360 g/mol. The molecule has 0 radical (unpaired) electrons. The maximum Gasteiger partial charge on any atom is 0.338 e. The summed E-state index contributed by atoms with van der Waals surface area (Å²) in [5.74, 6) is 0.407. The maximum atomic E-state index is 12.4. The minimum absolute atomic E-state index is 0.318. The molecule has 6 heteroatoms. The predicted molar refractivity (Wildman–Crippen MR) is 108 cm³/mol. The van der Waals surface area contributed by atoms with E-state index in [-0.39, 0.29) is 12.0 Å². The second-order valence-electron chi connectivity index (χ2n) is 6.13. The van der Waals surface area contributed by atoms with Gasteiger partial charge in [0.25, 0.3) is 0 Å². The standard InChI is InChI=1S/C21H22N2O3S/c1-3-25-20(24)18-14(2)22-21(27)23-19(18)16-9-11-17(12-10-16)26-13-15-7-5-4-6-8-15/h4-12,19H,3,13H2,1-2H3,(H2,22,23,27)/t19-/m1/s1. The monoisotopic (exact) mass is 382 g/mol. The number of esters is 1. The molecule has 1 aliphatic rings. The molecule has 0 bridgehead atoms. The van der Waals surface area contributed by atoms with Gasteiger partial charge in [-0.3, -0.25) is 0 Å². The van der Waals surface area contributed by atoms with E-state index in [4.69, 9.17) is 21.7 Å². The third kappa shape index (κ3) is 4.65. The number of carbonyl (C=O) groups excluding carboxylic acids is 1. The second-order valence-corrected chi connectivity index (χ2v) is 6.54. The van der Waals surface area contributed by atoms with E-state index in [0.717, 1.165) is 16.9 Å². The van der Waals surface area contributed by atoms with Crippen molar-refractivity contribution in [3.8, 4) is 5.75 Å². The van der Waals surface area contributed by atoms with Crippen molar-refractivity contribution in [1.82, 2.24) is 10.6 Å². The predicted octanol–water partition coefficient (Wildman–Crippen LogP) is 3.62. The van der Waals surface area contributed by atoms with Gasteiger partial charge in [-0.15, -0.1) is 0 Å². The van der Waals surface area contributed by atoms with Gasteiger partial charge in [-0.05, 0) is 49.3 Å². The molecule has 2 N–H and O–H groups in total. The Morgan fingerprint density at radius 1 is 1.11 bits per heavy atom. The Hall–Kier alpha value is -2.86. The molecule has 2 aromatic rings. The first-order valence-corrected chi connectivity index (χ1v) is 9.21. The van der Waals surface area contributed by atoms with Crippen LogP contribution in [0.1, 0.15) is 31.0 Å². The van der Waals surface area contributed by atoms with E-state index in [1.165, 1.54) is 0 Å². The maximum absolute atomic E-state index is 12.4. The fraction of sp³-hybridized carbons (Fsp3) is 0.238. The molecule has 0 unspecified atom stereocenters. The van der Waals surface area contributed by atoms with Crippen LogP contribution in [0, 0.1) is 0 Å². The number of benzene rings is 2. The van der Waals surface area contributed by atoms with Gasteiger partial charge < -0.3 is 20.1 Å². The molecular formula is C21H22N2O3S. The highest BCUT2D eigenvalue weighted by Gasteiger charge is 2.30. The van der Waals surface area contributed by atoms with E-state index in [9.17, 15) is 4.79 Å². The molecule has 0 saturated carbocycles. The van der Waals surface area contributed by atoms with Gasteiger partial charge >= 0.3 is 5.97 Å². The van der Waals surface area contributed by atoms with Gasteiger partial charge in [0.1, 0.15) is 12.4 Å². The van der Waals surface area contributed by atoms with Gasteiger partial charge in [-0.1, -0.05) is 42.5 Å². The number of nitrogens with one attached hydrogen (secondary N) is 2. The summed E-state index contributed by atoms with van der Waals surface area (Å²) in [7, 11) is 0. The van der Waals surface area contributed by atoms with Crippen molar-refractivity contribution in [3.05, 3.63) is 77.0 Å². The summed E-state index contributed by atoms with van der Waals surface area (Å²) in [6.45, 7) is 4.43. The van der Waals surface area contributed by atoms with Crippen molar-refractivity contribution in [1.29, 1.82) is 0 Å². The van der Waals surface area contributed by atoms with Crippen LogP contribution in [-0.2, 0) is 16.1 Å². The fourth-order valence-electron chi connectivity index (χ4n) is 2.92. The molecule has 27 heavy (non-hydrogen) atoms. The van der Waals surface area contributed by atoms with Crippen molar-refractivity contribution >= 4 is 23.3 Å². The highest BCUT2D eigenvalue weighted by molar-refractivity contribution is 7.80. The molecule has 140 valence electrons. The molecule has 0 fully saturated rings. The summed E-state index contributed by atoms with van der Waals surface area (Å²) >= 11 is 5.25. The number of ether oxygens (including phenoxy) is 2. The Balaban J connectivity index is 1.77. The van der Waals surface area contributed by atoms with Crippen molar-refractivity contribution in [3.63, 3.8) is 0 Å². The lowest BCUT2D eigenvalue weighted by Crippen LogP contribution is -2.45. The second kappa shape index (κ2) is 8.68. The molecule has 0 saturated heterocycles. The molecule has 0 aromatic heterocycles. The van der Waals surface area contributed by atoms with Gasteiger partial charge in [-0.2, -0.15) is 0 Å². The minimum atomic E-state index is -0.360. The van der Waals surface area contributed by atoms with Gasteiger partial charge in [0.05, 0.1) is 18.2 Å². The lowest BCUT2D eigenvalue weighted by atomic mass is 9.95. The fourth-order valence-corrected chi connectivity index (χ4v) is 3.19. The topological polar surface area (TPSA) is 59.6 Å². The summed E-state index contributed by atoms with van der Waals surface area (Å²) in [6.07, 6.45) is 0. The third-order valence-corrected chi connectivity index (χ3v) is 4.45. The molecule has 2 aromatic carbocycles. The van der Waals surface area contributed by atoms with Crippen LogP contribution in [0.25, 0.3) is 0 Å². The van der Waals surface area contributed by atoms with Gasteiger partial charge in [0, 0.05) is 5.70 Å². The van der Waals surface area contributed by atoms with Gasteiger partial charge in [0.15, 0.2) is 5.11 Å². The first-order chi connectivity index (χ1) is 13.1. The lowest BCUT2D eigenvalue weighted by molar-refractivity contribution is -0.139. The third-order valence-electron chi connectivity index (χ3n) is 4.23. The summed E-state index contributed by atoms with van der Waals surface area (Å²) in [4.78, 5) is 12.4. The molecule has 0 aliphatic carbocycles. The van der Waals surface area contributed by atoms with E-state index < -0.39 is 0 Å². The molecule has 1 aliphatic heterocycles. The van der Waals surface area contributed by atoms with Crippen LogP contribution in [-0.4, -0.2) is 17.7 Å². The van der Waals surface area contributed by atoms with Crippen LogP contribution < -0.4 is 15.4 Å². The van der Waals surface area contributed by atoms with Crippen LogP contribution in [0.2, 0.25) is 0 Å². The van der Waals surface area contributed by atoms with Crippen molar-refractivity contribution in [2.75, 3.05) is 6.61 Å². The van der Waals surface area contributed by atoms with Crippen LogP contribution in [0.15, 0.2) is 65.9 Å². The van der Waals surface area contributed by atoms with Gasteiger partial charge in [0.2, 0.25) is 0 Å². The van der Waals surface area contributed by atoms with E-state index >= 15 is 0 Å². The van der Waals surface area contributed by atoms with Crippen LogP contribution in [0.3, 0.4) is 0 Å². The first kappa shape index (κ1) is 18.9. The number of hydrogen-bond acceptors (Lipinski definition) is 4. The van der Waals surface area contributed by atoms with Gasteiger partial charge in [-0.25, -0.2) is 4.79 Å². The summed E-state index contributed by atoms with van der Waals surface area (Å²) in [5.41, 5.74) is 3.25. The average Bonchev–Trinajstić information content (AvgIpc) is 2.67. The molecule has 0 amide bonds. The number of rotatable bonds is 6. The van der Waals surface area contributed by atoms with E-state index in [0.29, 0.717) is 29.6 Å². The highest BCUT2D eigenvalue weighted by Crippen LogP contribution is 2.29. The molecule has 1 heterocycles. The molecule has 3 rings (SSSR count). The largest absolute Gasteiger partial charge is 0.489 e. The Morgan fingerprint density at radius 2 is 1.81 bits per heavy atom. The smallest absolute Gasteiger partial charge is 0.338 e. The average molecular weight is 382 g/mol. The van der Waals surface area contributed by atoms with E-state index in [1.807, 2.05) is 61.5 Å². The number of carbonyl (C=O) groups is 1. The summed E-state index contributed by atoms with van der Waals surface area (Å²) in [6, 6.07) is 17.3. The Bertz CT molecular complexity index is 847. The Morgan fingerprint density at radius 3 is 2.48 bits per heavy atom. The zero-order valence-corrected chi connectivity index (χ0v) is 16.1. The van der Waals surface area contributed by atoms with Crippen LogP contribution in [0.4, 0.5) is 0 Å². The first-order valence-electron chi connectivity index (χ1n) is 8.80.